The Balaban J connectivity index is 1.80. The number of morpholine rings is 1. The van der Waals surface area contributed by atoms with Crippen LogP contribution in [-0.2, 0) is 11.3 Å². The number of hydrogen-bond acceptors (Lipinski definition) is 3. The van der Waals surface area contributed by atoms with E-state index in [1.54, 1.807) is 6.07 Å². The number of halogens is 2. The van der Waals surface area contributed by atoms with Crippen LogP contribution in [0.3, 0.4) is 0 Å². The maximum Gasteiger partial charge on any atom is 0.153 e. The number of nitrogens with zero attached hydrogens (tertiary/aromatic N) is 1. The molecule has 0 bridgehead atoms. The lowest BCUT2D eigenvalue weighted by Crippen LogP contribution is -2.35. The van der Waals surface area contributed by atoms with Crippen molar-refractivity contribution >= 4 is 29.5 Å². The summed E-state index contributed by atoms with van der Waals surface area (Å²) in [6.07, 6.45) is 0.695. The molecular formula is C18H17Cl2NO2. The van der Waals surface area contributed by atoms with Crippen LogP contribution in [0.1, 0.15) is 15.9 Å². The van der Waals surface area contributed by atoms with Gasteiger partial charge in [0.05, 0.1) is 28.8 Å². The molecule has 0 unspecified atom stereocenters. The minimum absolute atomic E-state index is 0.336. The van der Waals surface area contributed by atoms with Gasteiger partial charge in [-0.05, 0) is 17.2 Å². The topological polar surface area (TPSA) is 29.5 Å². The van der Waals surface area contributed by atoms with Crippen LogP contribution in [0.25, 0.3) is 11.1 Å². The number of carbonyl (C=O) groups is 1. The highest BCUT2D eigenvalue weighted by atomic mass is 35.5. The summed E-state index contributed by atoms with van der Waals surface area (Å²) in [6.45, 7) is 4.44. The van der Waals surface area contributed by atoms with Gasteiger partial charge in [0.25, 0.3) is 0 Å². The van der Waals surface area contributed by atoms with Crippen LogP contribution in [0.5, 0.6) is 0 Å². The monoisotopic (exact) mass is 349 g/mol. The van der Waals surface area contributed by atoms with Crippen molar-refractivity contribution in [3.05, 3.63) is 57.6 Å². The third kappa shape index (κ3) is 3.75. The molecule has 0 atom stereocenters. The maximum atomic E-state index is 11.1. The summed E-state index contributed by atoms with van der Waals surface area (Å²) in [5.41, 5.74) is 3.37. The first-order chi connectivity index (χ1) is 11.2. The Kier molecular flexibility index (Phi) is 5.34. The zero-order valence-corrected chi connectivity index (χ0v) is 14.1. The van der Waals surface area contributed by atoms with Gasteiger partial charge in [-0.3, -0.25) is 9.69 Å². The third-order valence-electron chi connectivity index (χ3n) is 4.02. The molecule has 0 spiro atoms. The molecular weight excluding hydrogens is 333 g/mol. The highest BCUT2D eigenvalue weighted by molar-refractivity contribution is 6.40. The molecule has 1 heterocycles. The van der Waals surface area contributed by atoms with Gasteiger partial charge >= 0.3 is 0 Å². The first-order valence-corrected chi connectivity index (χ1v) is 8.27. The minimum Gasteiger partial charge on any atom is -0.379 e. The molecule has 3 nitrogen and oxygen atoms in total. The highest BCUT2D eigenvalue weighted by Gasteiger charge is 2.13. The van der Waals surface area contributed by atoms with Crippen LogP contribution in [0, 0.1) is 0 Å². The predicted molar refractivity (Wildman–Crippen MR) is 93.4 cm³/mol. The van der Waals surface area contributed by atoms with Crippen molar-refractivity contribution in [2.24, 2.45) is 0 Å². The molecule has 1 aliphatic rings. The summed E-state index contributed by atoms with van der Waals surface area (Å²) in [6, 6.07) is 11.8. The number of benzene rings is 2. The Morgan fingerprint density at radius 2 is 1.74 bits per heavy atom. The normalized spacial score (nSPS) is 15.6. The largest absolute Gasteiger partial charge is 0.379 e. The Morgan fingerprint density at radius 1 is 1.04 bits per heavy atom. The molecule has 0 aromatic heterocycles. The molecule has 0 amide bonds. The van der Waals surface area contributed by atoms with Crippen LogP contribution in [0.4, 0.5) is 0 Å². The Hall–Kier alpha value is -1.39. The molecule has 0 radical (unpaired) electrons. The molecule has 120 valence electrons. The smallest absolute Gasteiger partial charge is 0.153 e. The second-order valence-corrected chi connectivity index (χ2v) is 6.31. The van der Waals surface area contributed by atoms with Crippen molar-refractivity contribution in [3.63, 3.8) is 0 Å². The average Bonchev–Trinajstić information content (AvgIpc) is 2.57. The van der Waals surface area contributed by atoms with Crippen molar-refractivity contribution in [3.8, 4) is 11.1 Å². The maximum absolute atomic E-state index is 11.1. The van der Waals surface area contributed by atoms with E-state index in [9.17, 15) is 4.79 Å². The van der Waals surface area contributed by atoms with E-state index >= 15 is 0 Å². The van der Waals surface area contributed by atoms with Crippen molar-refractivity contribution < 1.29 is 9.53 Å². The zero-order valence-electron chi connectivity index (χ0n) is 12.6. The van der Waals surface area contributed by atoms with Gasteiger partial charge in [-0.25, -0.2) is 0 Å². The van der Waals surface area contributed by atoms with E-state index in [0.717, 1.165) is 44.0 Å². The molecule has 23 heavy (non-hydrogen) atoms. The van der Waals surface area contributed by atoms with Crippen LogP contribution in [-0.4, -0.2) is 37.5 Å². The summed E-state index contributed by atoms with van der Waals surface area (Å²) in [5.74, 6) is 0. The van der Waals surface area contributed by atoms with Gasteiger partial charge in [-0.1, -0.05) is 53.5 Å². The van der Waals surface area contributed by atoms with Gasteiger partial charge < -0.3 is 4.74 Å². The first-order valence-electron chi connectivity index (χ1n) is 7.51. The number of hydrogen-bond donors (Lipinski definition) is 0. The summed E-state index contributed by atoms with van der Waals surface area (Å²) < 4.78 is 5.36. The van der Waals surface area contributed by atoms with E-state index in [0.29, 0.717) is 21.9 Å². The summed E-state index contributed by atoms with van der Waals surface area (Å²) >= 11 is 12.3. The first kappa shape index (κ1) is 16.5. The van der Waals surface area contributed by atoms with Crippen LogP contribution in [0.2, 0.25) is 10.0 Å². The zero-order chi connectivity index (χ0) is 16.2. The summed E-state index contributed by atoms with van der Waals surface area (Å²) in [5, 5.41) is 0.770. The van der Waals surface area contributed by atoms with E-state index in [1.807, 2.05) is 18.2 Å². The number of carbonyl (C=O) groups excluding carboxylic acids is 1. The van der Waals surface area contributed by atoms with E-state index in [2.05, 4.69) is 17.0 Å². The SMILES string of the molecule is O=Cc1c(Cl)ccc(-c2ccc(CN3CCOCC3)cc2)c1Cl. The Bertz CT molecular complexity index is 695. The van der Waals surface area contributed by atoms with Crippen molar-refractivity contribution in [1.29, 1.82) is 0 Å². The van der Waals surface area contributed by atoms with Crippen LogP contribution < -0.4 is 0 Å². The van der Waals surface area contributed by atoms with Gasteiger partial charge in [0.1, 0.15) is 0 Å². The average molecular weight is 350 g/mol. The molecule has 2 aromatic rings. The molecule has 1 fully saturated rings. The molecule has 1 aliphatic heterocycles. The fourth-order valence-electron chi connectivity index (χ4n) is 2.71. The van der Waals surface area contributed by atoms with Crippen LogP contribution in [0.15, 0.2) is 36.4 Å². The van der Waals surface area contributed by atoms with E-state index < -0.39 is 0 Å². The molecule has 0 N–H and O–H groups in total. The lowest BCUT2D eigenvalue weighted by Gasteiger charge is -2.26. The number of aldehydes is 1. The fraction of sp³-hybridized carbons (Fsp3) is 0.278. The predicted octanol–water partition coefficient (Wildman–Crippen LogP) is 4.31. The van der Waals surface area contributed by atoms with Crippen molar-refractivity contribution in [2.45, 2.75) is 6.54 Å². The van der Waals surface area contributed by atoms with Gasteiger partial charge in [-0.2, -0.15) is 0 Å². The minimum atomic E-state index is 0.336. The molecule has 5 heteroatoms. The van der Waals surface area contributed by atoms with Crippen LogP contribution >= 0.6 is 23.2 Å². The standard InChI is InChI=1S/C18H17Cl2NO2/c19-17-6-5-15(18(20)16(17)12-22)14-3-1-13(2-4-14)11-21-7-9-23-10-8-21/h1-6,12H,7-11H2. The van der Waals surface area contributed by atoms with Gasteiger partial charge in [0, 0.05) is 25.2 Å². The highest BCUT2D eigenvalue weighted by Crippen LogP contribution is 2.34. The fourth-order valence-corrected chi connectivity index (χ4v) is 3.28. The molecule has 0 aliphatic carbocycles. The van der Waals surface area contributed by atoms with Gasteiger partial charge in [-0.15, -0.1) is 0 Å². The number of ether oxygens (including phenoxy) is 1. The third-order valence-corrected chi connectivity index (χ3v) is 4.76. The Morgan fingerprint density at radius 3 is 2.39 bits per heavy atom. The quantitative estimate of drug-likeness (QED) is 0.770. The molecule has 3 rings (SSSR count). The van der Waals surface area contributed by atoms with E-state index in [4.69, 9.17) is 27.9 Å². The van der Waals surface area contributed by atoms with E-state index in [1.165, 1.54) is 5.56 Å². The molecule has 1 saturated heterocycles. The summed E-state index contributed by atoms with van der Waals surface area (Å²) in [4.78, 5) is 13.5. The molecule has 2 aromatic carbocycles. The molecule has 0 saturated carbocycles. The van der Waals surface area contributed by atoms with Gasteiger partial charge in [0.2, 0.25) is 0 Å². The lowest BCUT2D eigenvalue weighted by molar-refractivity contribution is 0.0342. The second kappa shape index (κ2) is 7.45. The Labute approximate surface area is 145 Å². The number of rotatable bonds is 4. The van der Waals surface area contributed by atoms with Gasteiger partial charge in [0.15, 0.2) is 6.29 Å². The van der Waals surface area contributed by atoms with E-state index in [-0.39, 0.29) is 0 Å². The summed E-state index contributed by atoms with van der Waals surface area (Å²) in [7, 11) is 0. The second-order valence-electron chi connectivity index (χ2n) is 5.53. The van der Waals surface area contributed by atoms with Crippen molar-refractivity contribution in [1.82, 2.24) is 4.90 Å². The van der Waals surface area contributed by atoms with Crippen molar-refractivity contribution in [2.75, 3.05) is 26.3 Å². The lowest BCUT2D eigenvalue weighted by atomic mass is 10.0.